The lowest BCUT2D eigenvalue weighted by atomic mass is 10.1. The molecule has 1 aliphatic rings. The van der Waals surface area contributed by atoms with Crippen LogP contribution < -0.4 is 4.90 Å². The van der Waals surface area contributed by atoms with E-state index in [1.165, 1.54) is 0 Å². The van der Waals surface area contributed by atoms with Crippen LogP contribution in [-0.4, -0.2) is 49.1 Å². The summed E-state index contributed by atoms with van der Waals surface area (Å²) in [5.41, 5.74) is 6.14. The van der Waals surface area contributed by atoms with Crippen molar-refractivity contribution in [2.75, 3.05) is 32.3 Å². The van der Waals surface area contributed by atoms with Gasteiger partial charge in [0.1, 0.15) is 0 Å². The number of fused-ring (bicyclic) bond motifs is 1. The summed E-state index contributed by atoms with van der Waals surface area (Å²) in [5.74, 6) is 0. The fraction of sp³-hybridized carbons (Fsp3) is 0.409. The maximum atomic E-state index is 6.53. The molecule has 0 bridgehead atoms. The molecule has 2 aromatic heterocycles. The number of hydrogen-bond acceptors (Lipinski definition) is 4. The summed E-state index contributed by atoms with van der Waals surface area (Å²) in [6, 6.07) is 10.2. The van der Waals surface area contributed by atoms with Gasteiger partial charge in [-0.15, -0.1) is 0 Å². The van der Waals surface area contributed by atoms with Crippen LogP contribution in [0, 0.1) is 13.8 Å². The van der Waals surface area contributed by atoms with E-state index in [0.29, 0.717) is 16.7 Å². The minimum atomic E-state index is 0.185. The molecule has 1 saturated heterocycles. The van der Waals surface area contributed by atoms with Crippen LogP contribution in [0.2, 0.25) is 10.0 Å². The molecule has 0 saturated carbocycles. The number of methoxy groups -OCH3 is 2. The van der Waals surface area contributed by atoms with Crippen molar-refractivity contribution in [3.63, 3.8) is 0 Å². The Bertz CT molecular complexity index is 1050. The first-order chi connectivity index (χ1) is 13.9. The van der Waals surface area contributed by atoms with E-state index in [-0.39, 0.29) is 12.1 Å². The largest absolute Gasteiger partial charge is 0.383 e. The molecule has 7 heteroatoms. The minimum absolute atomic E-state index is 0.185. The van der Waals surface area contributed by atoms with Crippen molar-refractivity contribution in [3.8, 4) is 11.3 Å². The molecule has 5 nitrogen and oxygen atoms in total. The zero-order valence-corrected chi connectivity index (χ0v) is 18.6. The van der Waals surface area contributed by atoms with E-state index in [1.54, 1.807) is 20.3 Å². The molecule has 1 aliphatic heterocycles. The van der Waals surface area contributed by atoms with Crippen molar-refractivity contribution in [3.05, 3.63) is 51.6 Å². The standard InChI is InChI=1S/C22H25Cl2N3O2/c1-13-7-21-20(26-11-17(29-4)10-16(26)12-28-3)8-14(2)25-27(21)22(13)18-6-5-15(23)9-19(18)24/h5-9,16-17H,10-12H2,1-4H3/t16-,17+/m0/s1. The van der Waals surface area contributed by atoms with Gasteiger partial charge in [-0.3, -0.25) is 0 Å². The summed E-state index contributed by atoms with van der Waals surface area (Å²) in [6.07, 6.45) is 1.12. The molecule has 1 fully saturated rings. The van der Waals surface area contributed by atoms with Crippen LogP contribution >= 0.6 is 23.2 Å². The van der Waals surface area contributed by atoms with E-state index in [1.807, 2.05) is 23.6 Å². The highest BCUT2D eigenvalue weighted by atomic mass is 35.5. The van der Waals surface area contributed by atoms with Crippen LogP contribution in [-0.2, 0) is 9.47 Å². The third kappa shape index (κ3) is 3.73. The second-order valence-corrected chi connectivity index (χ2v) is 8.47. The van der Waals surface area contributed by atoms with Crippen LogP contribution in [0.5, 0.6) is 0 Å². The van der Waals surface area contributed by atoms with Gasteiger partial charge in [-0.2, -0.15) is 5.10 Å². The molecule has 1 aromatic carbocycles. The van der Waals surface area contributed by atoms with Crippen molar-refractivity contribution in [1.29, 1.82) is 0 Å². The molecule has 0 aliphatic carbocycles. The predicted molar refractivity (Wildman–Crippen MR) is 119 cm³/mol. The van der Waals surface area contributed by atoms with E-state index in [0.717, 1.165) is 46.7 Å². The van der Waals surface area contributed by atoms with E-state index in [4.69, 9.17) is 37.8 Å². The highest BCUT2D eigenvalue weighted by Crippen LogP contribution is 2.38. The van der Waals surface area contributed by atoms with Gasteiger partial charge in [0, 0.05) is 31.4 Å². The summed E-state index contributed by atoms with van der Waals surface area (Å²) < 4.78 is 13.1. The van der Waals surface area contributed by atoms with Crippen LogP contribution in [0.4, 0.5) is 5.69 Å². The molecule has 29 heavy (non-hydrogen) atoms. The number of halogens is 2. The van der Waals surface area contributed by atoms with E-state index < -0.39 is 0 Å². The van der Waals surface area contributed by atoms with Crippen molar-refractivity contribution in [2.24, 2.45) is 0 Å². The van der Waals surface area contributed by atoms with Gasteiger partial charge in [-0.25, -0.2) is 4.52 Å². The Balaban J connectivity index is 1.89. The maximum absolute atomic E-state index is 6.53. The molecule has 0 radical (unpaired) electrons. The molecule has 0 amide bonds. The van der Waals surface area contributed by atoms with Gasteiger partial charge >= 0.3 is 0 Å². The summed E-state index contributed by atoms with van der Waals surface area (Å²) in [7, 11) is 3.52. The average molecular weight is 434 g/mol. The van der Waals surface area contributed by atoms with E-state index in [2.05, 4.69) is 24.0 Å². The van der Waals surface area contributed by atoms with Gasteiger partial charge < -0.3 is 14.4 Å². The molecule has 2 atom stereocenters. The predicted octanol–water partition coefficient (Wildman–Crippen LogP) is 5.17. The summed E-state index contributed by atoms with van der Waals surface area (Å²) in [5, 5.41) is 6.05. The Morgan fingerprint density at radius 3 is 2.62 bits per heavy atom. The molecule has 0 N–H and O–H groups in total. The van der Waals surface area contributed by atoms with Crippen LogP contribution in [0.15, 0.2) is 30.3 Å². The number of aromatic nitrogens is 2. The number of benzene rings is 1. The molecule has 154 valence electrons. The second kappa shape index (κ2) is 8.15. The van der Waals surface area contributed by atoms with Crippen molar-refractivity contribution < 1.29 is 9.47 Å². The first-order valence-electron chi connectivity index (χ1n) is 9.66. The van der Waals surface area contributed by atoms with Gasteiger partial charge in [0.2, 0.25) is 0 Å². The Hall–Kier alpha value is -1.79. The van der Waals surface area contributed by atoms with Crippen LogP contribution in [0.1, 0.15) is 17.7 Å². The van der Waals surface area contributed by atoms with Crippen LogP contribution in [0.25, 0.3) is 16.8 Å². The third-order valence-corrected chi connectivity index (χ3v) is 6.14. The molecule has 3 heterocycles. The van der Waals surface area contributed by atoms with Crippen molar-refractivity contribution in [2.45, 2.75) is 32.4 Å². The number of ether oxygens (including phenoxy) is 2. The van der Waals surface area contributed by atoms with E-state index >= 15 is 0 Å². The Morgan fingerprint density at radius 2 is 1.93 bits per heavy atom. The van der Waals surface area contributed by atoms with Gasteiger partial charge in [-0.1, -0.05) is 23.2 Å². The molecular formula is C22H25Cl2N3O2. The van der Waals surface area contributed by atoms with Gasteiger partial charge in [0.15, 0.2) is 0 Å². The molecular weight excluding hydrogens is 409 g/mol. The molecule has 0 spiro atoms. The van der Waals surface area contributed by atoms with Gasteiger partial charge in [0.25, 0.3) is 0 Å². The topological polar surface area (TPSA) is 39.0 Å². The van der Waals surface area contributed by atoms with Crippen LogP contribution in [0.3, 0.4) is 0 Å². The number of anilines is 1. The van der Waals surface area contributed by atoms with E-state index in [9.17, 15) is 0 Å². The number of aryl methyl sites for hydroxylation is 2. The summed E-state index contributed by atoms with van der Waals surface area (Å²) in [4.78, 5) is 2.38. The zero-order chi connectivity index (χ0) is 20.7. The average Bonchev–Trinajstić information content (AvgIpc) is 3.22. The SMILES string of the molecule is COC[C@@H]1C[C@@H](OC)CN1c1cc(C)nn2c(-c3ccc(Cl)cc3Cl)c(C)cc12. The smallest absolute Gasteiger partial charge is 0.0890 e. The summed E-state index contributed by atoms with van der Waals surface area (Å²) in [6.45, 7) is 5.58. The van der Waals surface area contributed by atoms with Crippen molar-refractivity contribution in [1.82, 2.24) is 9.61 Å². The monoisotopic (exact) mass is 433 g/mol. The minimum Gasteiger partial charge on any atom is -0.383 e. The Labute approximate surface area is 181 Å². The first kappa shape index (κ1) is 20.5. The lowest BCUT2D eigenvalue weighted by molar-refractivity contribution is 0.111. The molecule has 0 unspecified atom stereocenters. The fourth-order valence-electron chi connectivity index (χ4n) is 4.29. The summed E-state index contributed by atoms with van der Waals surface area (Å²) >= 11 is 12.6. The number of rotatable bonds is 5. The highest BCUT2D eigenvalue weighted by molar-refractivity contribution is 6.36. The second-order valence-electron chi connectivity index (χ2n) is 7.62. The number of hydrogen-bond donors (Lipinski definition) is 0. The highest BCUT2D eigenvalue weighted by Gasteiger charge is 2.34. The Morgan fingerprint density at radius 1 is 1.14 bits per heavy atom. The molecule has 3 aromatic rings. The Kier molecular flexibility index (Phi) is 5.76. The third-order valence-electron chi connectivity index (χ3n) is 5.60. The normalized spacial score (nSPS) is 19.4. The zero-order valence-electron chi connectivity index (χ0n) is 17.1. The fourth-order valence-corrected chi connectivity index (χ4v) is 4.79. The quantitative estimate of drug-likeness (QED) is 0.556. The molecule has 4 rings (SSSR count). The lowest BCUT2D eigenvalue weighted by Gasteiger charge is -2.27. The van der Waals surface area contributed by atoms with Crippen molar-refractivity contribution >= 4 is 34.4 Å². The number of nitrogens with zero attached hydrogens (tertiary/aromatic N) is 3. The van der Waals surface area contributed by atoms with Gasteiger partial charge in [-0.05, 0) is 56.2 Å². The first-order valence-corrected chi connectivity index (χ1v) is 10.4. The maximum Gasteiger partial charge on any atom is 0.0890 e. The lowest BCUT2D eigenvalue weighted by Crippen LogP contribution is -2.33. The van der Waals surface area contributed by atoms with Gasteiger partial charge in [0.05, 0.1) is 46.4 Å².